The van der Waals surface area contributed by atoms with Crippen molar-refractivity contribution in [3.05, 3.63) is 11.9 Å². The van der Waals surface area contributed by atoms with Gasteiger partial charge in [0.25, 0.3) is 0 Å². The number of hydrogen-bond donors (Lipinski definition) is 2. The quantitative estimate of drug-likeness (QED) is 0.824. The number of aromatic nitrogens is 5. The van der Waals surface area contributed by atoms with Gasteiger partial charge in [-0.25, -0.2) is 0 Å². The van der Waals surface area contributed by atoms with Crippen molar-refractivity contribution in [2.24, 2.45) is 0 Å². The molecular formula is C11H16N6. The number of nitrogens with one attached hydrogen (secondary N) is 1. The molecule has 6 heteroatoms. The molecule has 0 saturated heterocycles. The van der Waals surface area contributed by atoms with E-state index in [1.54, 1.807) is 6.07 Å². The monoisotopic (exact) mass is 232 g/mol. The summed E-state index contributed by atoms with van der Waals surface area (Å²) in [6.07, 6.45) is 4.98. The van der Waals surface area contributed by atoms with Crippen molar-refractivity contribution in [2.45, 2.75) is 38.6 Å². The molecule has 2 aromatic rings. The SMILES string of the molecule is Cc1nnc(-c2cc(N)n[nH]2)n1C1CCCC1. The molecule has 1 fully saturated rings. The topological polar surface area (TPSA) is 85.4 Å². The maximum absolute atomic E-state index is 5.63. The van der Waals surface area contributed by atoms with Crippen LogP contribution < -0.4 is 5.73 Å². The second-order valence-electron chi connectivity index (χ2n) is 4.59. The average molecular weight is 232 g/mol. The van der Waals surface area contributed by atoms with Crippen molar-refractivity contribution < 1.29 is 0 Å². The summed E-state index contributed by atoms with van der Waals surface area (Å²) in [5, 5.41) is 15.2. The molecule has 1 saturated carbocycles. The van der Waals surface area contributed by atoms with Crippen LogP contribution in [0.3, 0.4) is 0 Å². The first kappa shape index (κ1) is 10.3. The summed E-state index contributed by atoms with van der Waals surface area (Å²) in [5.74, 6) is 2.29. The summed E-state index contributed by atoms with van der Waals surface area (Å²) in [5.41, 5.74) is 6.47. The van der Waals surface area contributed by atoms with E-state index >= 15 is 0 Å². The fraction of sp³-hybridized carbons (Fsp3) is 0.545. The molecule has 6 nitrogen and oxygen atoms in total. The number of anilines is 1. The third-order valence-electron chi connectivity index (χ3n) is 3.39. The largest absolute Gasteiger partial charge is 0.382 e. The summed E-state index contributed by atoms with van der Waals surface area (Å²) in [4.78, 5) is 0. The first-order valence-corrected chi connectivity index (χ1v) is 5.98. The number of aromatic amines is 1. The van der Waals surface area contributed by atoms with Crippen LogP contribution in [-0.4, -0.2) is 25.0 Å². The van der Waals surface area contributed by atoms with Crippen molar-refractivity contribution in [2.75, 3.05) is 5.73 Å². The predicted molar refractivity (Wildman–Crippen MR) is 64.3 cm³/mol. The van der Waals surface area contributed by atoms with Gasteiger partial charge in [-0.05, 0) is 19.8 Å². The molecule has 0 radical (unpaired) electrons. The number of aryl methyl sites for hydroxylation is 1. The van der Waals surface area contributed by atoms with Crippen LogP contribution in [-0.2, 0) is 0 Å². The maximum Gasteiger partial charge on any atom is 0.182 e. The number of nitrogen functional groups attached to an aromatic ring is 1. The van der Waals surface area contributed by atoms with Gasteiger partial charge in [-0.3, -0.25) is 5.10 Å². The van der Waals surface area contributed by atoms with E-state index in [-0.39, 0.29) is 0 Å². The van der Waals surface area contributed by atoms with E-state index in [0.717, 1.165) is 17.3 Å². The molecule has 0 aromatic carbocycles. The highest BCUT2D eigenvalue weighted by atomic mass is 15.3. The number of rotatable bonds is 2. The second kappa shape index (κ2) is 3.87. The zero-order valence-corrected chi connectivity index (χ0v) is 9.85. The Kier molecular flexibility index (Phi) is 2.35. The summed E-state index contributed by atoms with van der Waals surface area (Å²) in [6, 6.07) is 2.32. The van der Waals surface area contributed by atoms with Crippen LogP contribution in [0.25, 0.3) is 11.5 Å². The molecule has 0 spiro atoms. The standard InChI is InChI=1S/C11H16N6/c1-7-13-16-11(9-6-10(12)15-14-9)17(7)8-4-2-3-5-8/h6,8H,2-5H2,1H3,(H3,12,14,15). The molecule has 3 N–H and O–H groups in total. The van der Waals surface area contributed by atoms with E-state index in [9.17, 15) is 0 Å². The van der Waals surface area contributed by atoms with Gasteiger partial charge in [-0.15, -0.1) is 10.2 Å². The molecular weight excluding hydrogens is 216 g/mol. The van der Waals surface area contributed by atoms with E-state index in [1.807, 2.05) is 6.92 Å². The molecule has 90 valence electrons. The van der Waals surface area contributed by atoms with Gasteiger partial charge < -0.3 is 10.3 Å². The zero-order valence-electron chi connectivity index (χ0n) is 9.85. The summed E-state index contributed by atoms with van der Waals surface area (Å²) < 4.78 is 2.21. The number of nitrogens with zero attached hydrogens (tertiary/aromatic N) is 4. The Labute approximate surface area is 99.2 Å². The Morgan fingerprint density at radius 1 is 1.35 bits per heavy atom. The number of hydrogen-bond acceptors (Lipinski definition) is 4. The lowest BCUT2D eigenvalue weighted by atomic mass is 10.2. The van der Waals surface area contributed by atoms with Crippen molar-refractivity contribution in [1.82, 2.24) is 25.0 Å². The molecule has 0 atom stereocenters. The van der Waals surface area contributed by atoms with E-state index in [0.29, 0.717) is 11.9 Å². The van der Waals surface area contributed by atoms with Crippen LogP contribution in [0, 0.1) is 6.92 Å². The molecule has 2 heterocycles. The minimum atomic E-state index is 0.485. The number of nitrogens with two attached hydrogens (primary N) is 1. The Morgan fingerprint density at radius 3 is 2.76 bits per heavy atom. The average Bonchev–Trinajstić information content (AvgIpc) is 2.97. The first-order chi connectivity index (χ1) is 8.25. The van der Waals surface area contributed by atoms with Gasteiger partial charge in [0.1, 0.15) is 17.3 Å². The van der Waals surface area contributed by atoms with Crippen LogP contribution in [0.15, 0.2) is 6.07 Å². The molecule has 0 amide bonds. The highest BCUT2D eigenvalue weighted by Gasteiger charge is 2.23. The Morgan fingerprint density at radius 2 is 2.12 bits per heavy atom. The predicted octanol–water partition coefficient (Wildman–Crippen LogP) is 1.67. The molecule has 0 aliphatic heterocycles. The van der Waals surface area contributed by atoms with E-state index in [2.05, 4.69) is 25.0 Å². The van der Waals surface area contributed by atoms with Gasteiger partial charge in [0.15, 0.2) is 5.82 Å². The maximum atomic E-state index is 5.63. The zero-order chi connectivity index (χ0) is 11.8. The van der Waals surface area contributed by atoms with E-state index in [4.69, 9.17) is 5.73 Å². The summed E-state index contributed by atoms with van der Waals surface area (Å²) in [6.45, 7) is 1.99. The van der Waals surface area contributed by atoms with E-state index in [1.165, 1.54) is 25.7 Å². The fourth-order valence-electron chi connectivity index (χ4n) is 2.60. The van der Waals surface area contributed by atoms with Crippen molar-refractivity contribution in [3.63, 3.8) is 0 Å². The lowest BCUT2D eigenvalue weighted by Gasteiger charge is -2.14. The second-order valence-corrected chi connectivity index (χ2v) is 4.59. The smallest absolute Gasteiger partial charge is 0.182 e. The Balaban J connectivity index is 2.05. The van der Waals surface area contributed by atoms with Crippen LogP contribution in [0.1, 0.15) is 37.5 Å². The molecule has 0 bridgehead atoms. The van der Waals surface area contributed by atoms with Crippen LogP contribution in [0.2, 0.25) is 0 Å². The normalized spacial score (nSPS) is 16.8. The molecule has 2 aromatic heterocycles. The molecule has 1 aliphatic rings. The Hall–Kier alpha value is -1.85. The van der Waals surface area contributed by atoms with Gasteiger partial charge in [0.05, 0.1) is 0 Å². The van der Waals surface area contributed by atoms with Crippen molar-refractivity contribution in [1.29, 1.82) is 0 Å². The molecule has 3 rings (SSSR count). The van der Waals surface area contributed by atoms with Crippen LogP contribution in [0.5, 0.6) is 0 Å². The highest BCUT2D eigenvalue weighted by molar-refractivity contribution is 5.54. The lowest BCUT2D eigenvalue weighted by Crippen LogP contribution is -2.08. The third kappa shape index (κ3) is 1.69. The fourth-order valence-corrected chi connectivity index (χ4v) is 2.60. The molecule has 0 unspecified atom stereocenters. The van der Waals surface area contributed by atoms with Crippen LogP contribution >= 0.6 is 0 Å². The first-order valence-electron chi connectivity index (χ1n) is 5.98. The van der Waals surface area contributed by atoms with Gasteiger partial charge >= 0.3 is 0 Å². The van der Waals surface area contributed by atoms with Crippen molar-refractivity contribution >= 4 is 5.82 Å². The number of H-pyrrole nitrogens is 1. The minimum absolute atomic E-state index is 0.485. The van der Waals surface area contributed by atoms with Gasteiger partial charge in [-0.2, -0.15) is 5.10 Å². The third-order valence-corrected chi connectivity index (χ3v) is 3.39. The highest BCUT2D eigenvalue weighted by Crippen LogP contribution is 2.33. The summed E-state index contributed by atoms with van der Waals surface area (Å²) >= 11 is 0. The minimum Gasteiger partial charge on any atom is -0.382 e. The Bertz CT molecular complexity index is 520. The van der Waals surface area contributed by atoms with Gasteiger partial charge in [0.2, 0.25) is 0 Å². The van der Waals surface area contributed by atoms with Crippen LogP contribution in [0.4, 0.5) is 5.82 Å². The lowest BCUT2D eigenvalue weighted by molar-refractivity contribution is 0.509. The van der Waals surface area contributed by atoms with Gasteiger partial charge in [0, 0.05) is 12.1 Å². The summed E-state index contributed by atoms with van der Waals surface area (Å²) in [7, 11) is 0. The molecule has 1 aliphatic carbocycles. The molecule has 17 heavy (non-hydrogen) atoms. The van der Waals surface area contributed by atoms with Gasteiger partial charge in [-0.1, -0.05) is 12.8 Å². The van der Waals surface area contributed by atoms with E-state index < -0.39 is 0 Å². The van der Waals surface area contributed by atoms with Crippen molar-refractivity contribution in [3.8, 4) is 11.5 Å².